The molecule has 0 saturated carbocycles. The van der Waals surface area contributed by atoms with Crippen molar-refractivity contribution in [3.05, 3.63) is 36.7 Å². The minimum Gasteiger partial charge on any atom is -0.358 e. The lowest BCUT2D eigenvalue weighted by molar-refractivity contribution is 0.140. The molecule has 0 radical (unpaired) electrons. The van der Waals surface area contributed by atoms with Crippen LogP contribution in [0.1, 0.15) is 0 Å². The molecule has 0 bridgehead atoms. The van der Waals surface area contributed by atoms with Crippen LogP contribution in [0.25, 0.3) is 11.0 Å². The molecule has 14 heavy (non-hydrogen) atoms. The topological polar surface area (TPSA) is 52.0 Å². The van der Waals surface area contributed by atoms with Crippen LogP contribution in [-0.4, -0.2) is 22.2 Å². The van der Waals surface area contributed by atoms with Crippen molar-refractivity contribution in [3.63, 3.8) is 0 Å². The minimum absolute atomic E-state index is 0.417. The summed E-state index contributed by atoms with van der Waals surface area (Å²) in [6, 6.07) is 7.53. The Kier molecular flexibility index (Phi) is 2.06. The van der Waals surface area contributed by atoms with Crippen LogP contribution < -0.4 is 10.2 Å². The van der Waals surface area contributed by atoms with Gasteiger partial charge in [-0.2, -0.15) is 0 Å². The fourth-order valence-electron chi connectivity index (χ4n) is 1.06. The molecule has 5 nitrogen and oxygen atoms in total. The fraction of sp³-hybridized carbons (Fsp3) is 0.111. The first-order chi connectivity index (χ1) is 6.81. The summed E-state index contributed by atoms with van der Waals surface area (Å²) in [5.41, 5.74) is 1.60. The van der Waals surface area contributed by atoms with Gasteiger partial charge >= 0.3 is 0 Å². The molecule has 0 saturated heterocycles. The number of rotatable bonds is 3. The third kappa shape index (κ3) is 1.39. The maximum atomic E-state index is 5.25. The standard InChI is InChI=1S/C9H10N4O/c1-7(10-2)14-13-9-6-4-3-5-8(9)11-12-13/h3-6,10H,1H2,2H3. The van der Waals surface area contributed by atoms with Gasteiger partial charge in [0, 0.05) is 7.05 Å². The van der Waals surface area contributed by atoms with E-state index >= 15 is 0 Å². The van der Waals surface area contributed by atoms with Gasteiger partial charge in [-0.05, 0) is 23.9 Å². The molecule has 1 aromatic heterocycles. The molecule has 0 amide bonds. The Labute approximate surface area is 80.9 Å². The Morgan fingerprint density at radius 3 is 3.07 bits per heavy atom. The zero-order chi connectivity index (χ0) is 9.97. The van der Waals surface area contributed by atoms with E-state index in [0.717, 1.165) is 11.0 Å². The van der Waals surface area contributed by atoms with Crippen molar-refractivity contribution in [2.45, 2.75) is 0 Å². The highest BCUT2D eigenvalue weighted by Gasteiger charge is 2.04. The van der Waals surface area contributed by atoms with E-state index in [1.165, 1.54) is 4.85 Å². The van der Waals surface area contributed by atoms with Crippen LogP contribution in [0.2, 0.25) is 0 Å². The Hall–Kier alpha value is -2.04. The zero-order valence-electron chi connectivity index (χ0n) is 7.77. The molecule has 0 fully saturated rings. The average Bonchev–Trinajstić information content (AvgIpc) is 2.62. The molecule has 1 N–H and O–H groups in total. The second-order valence-corrected chi connectivity index (χ2v) is 2.72. The van der Waals surface area contributed by atoms with E-state index in [0.29, 0.717) is 5.88 Å². The monoisotopic (exact) mass is 190 g/mol. The molecule has 2 aromatic rings. The Morgan fingerprint density at radius 1 is 1.50 bits per heavy atom. The van der Waals surface area contributed by atoms with Gasteiger partial charge in [-0.15, -0.1) is 5.10 Å². The third-order valence-electron chi connectivity index (χ3n) is 1.80. The van der Waals surface area contributed by atoms with Crippen molar-refractivity contribution >= 4 is 11.0 Å². The van der Waals surface area contributed by atoms with Gasteiger partial charge < -0.3 is 10.2 Å². The number of nitrogens with one attached hydrogen (secondary N) is 1. The molecule has 2 rings (SSSR count). The quantitative estimate of drug-likeness (QED) is 0.718. The fourth-order valence-corrected chi connectivity index (χ4v) is 1.06. The largest absolute Gasteiger partial charge is 0.358 e. The number of hydrogen-bond donors (Lipinski definition) is 1. The highest BCUT2D eigenvalue weighted by molar-refractivity contribution is 5.73. The summed E-state index contributed by atoms with van der Waals surface area (Å²) in [4.78, 5) is 6.58. The van der Waals surface area contributed by atoms with Gasteiger partial charge in [-0.3, -0.25) is 0 Å². The van der Waals surface area contributed by atoms with Gasteiger partial charge in [0.15, 0.2) is 0 Å². The summed E-state index contributed by atoms with van der Waals surface area (Å²) in [6.07, 6.45) is 0. The van der Waals surface area contributed by atoms with Gasteiger partial charge in [-0.1, -0.05) is 17.0 Å². The summed E-state index contributed by atoms with van der Waals surface area (Å²) < 4.78 is 0. The zero-order valence-corrected chi connectivity index (χ0v) is 7.77. The van der Waals surface area contributed by atoms with Crippen molar-refractivity contribution in [2.24, 2.45) is 0 Å². The van der Waals surface area contributed by atoms with Gasteiger partial charge in [-0.25, -0.2) is 0 Å². The molecule has 5 heteroatoms. The van der Waals surface area contributed by atoms with Crippen molar-refractivity contribution in [1.82, 2.24) is 20.5 Å². The SMILES string of the molecule is C=C(NC)On1nnc2ccccc21. The summed E-state index contributed by atoms with van der Waals surface area (Å²) >= 11 is 0. The van der Waals surface area contributed by atoms with E-state index in [9.17, 15) is 0 Å². The summed E-state index contributed by atoms with van der Waals surface area (Å²) in [5.74, 6) is 0.417. The van der Waals surface area contributed by atoms with Crippen LogP contribution >= 0.6 is 0 Å². The number of fused-ring (bicyclic) bond motifs is 1. The number of benzene rings is 1. The Balaban J connectivity index is 2.38. The van der Waals surface area contributed by atoms with Crippen LogP contribution in [0.5, 0.6) is 0 Å². The third-order valence-corrected chi connectivity index (χ3v) is 1.80. The van der Waals surface area contributed by atoms with Crippen LogP contribution in [0.3, 0.4) is 0 Å². The predicted octanol–water partition coefficient (Wildman–Crippen LogP) is 0.550. The molecule has 0 aliphatic heterocycles. The van der Waals surface area contributed by atoms with Crippen LogP contribution in [0.15, 0.2) is 36.7 Å². The first kappa shape index (κ1) is 8.55. The van der Waals surface area contributed by atoms with Crippen molar-refractivity contribution in [3.8, 4) is 0 Å². The molecule has 0 aliphatic carbocycles. The summed E-state index contributed by atoms with van der Waals surface area (Å²) in [6.45, 7) is 3.63. The first-order valence-electron chi connectivity index (χ1n) is 4.16. The maximum absolute atomic E-state index is 5.25. The lowest BCUT2D eigenvalue weighted by Crippen LogP contribution is -2.20. The first-order valence-corrected chi connectivity index (χ1v) is 4.16. The Bertz CT molecular complexity index is 463. The average molecular weight is 190 g/mol. The smallest absolute Gasteiger partial charge is 0.215 e. The van der Waals surface area contributed by atoms with Gasteiger partial charge in [0.25, 0.3) is 0 Å². The molecule has 0 aliphatic rings. The van der Waals surface area contributed by atoms with Gasteiger partial charge in [0.1, 0.15) is 11.0 Å². The van der Waals surface area contributed by atoms with E-state index < -0.39 is 0 Å². The molecular weight excluding hydrogens is 180 g/mol. The van der Waals surface area contributed by atoms with Crippen molar-refractivity contribution < 1.29 is 4.84 Å². The molecule has 0 atom stereocenters. The van der Waals surface area contributed by atoms with Gasteiger partial charge in [0.2, 0.25) is 5.88 Å². The molecule has 0 unspecified atom stereocenters. The van der Waals surface area contributed by atoms with E-state index in [-0.39, 0.29) is 0 Å². The Morgan fingerprint density at radius 2 is 2.29 bits per heavy atom. The number of nitrogens with zero attached hydrogens (tertiary/aromatic N) is 3. The number of para-hydroxylation sites is 1. The van der Waals surface area contributed by atoms with Gasteiger partial charge in [0.05, 0.1) is 0 Å². The highest BCUT2D eigenvalue weighted by Crippen LogP contribution is 2.08. The van der Waals surface area contributed by atoms with Crippen LogP contribution in [0, 0.1) is 0 Å². The van der Waals surface area contributed by atoms with E-state index in [4.69, 9.17) is 4.84 Å². The minimum atomic E-state index is 0.417. The molecular formula is C9H10N4O. The normalized spacial score (nSPS) is 10.1. The van der Waals surface area contributed by atoms with Crippen molar-refractivity contribution in [2.75, 3.05) is 7.05 Å². The van der Waals surface area contributed by atoms with E-state index in [1.54, 1.807) is 7.05 Å². The lowest BCUT2D eigenvalue weighted by Gasteiger charge is -2.05. The second kappa shape index (κ2) is 3.37. The van der Waals surface area contributed by atoms with Crippen molar-refractivity contribution in [1.29, 1.82) is 0 Å². The maximum Gasteiger partial charge on any atom is 0.215 e. The lowest BCUT2D eigenvalue weighted by atomic mass is 10.3. The highest BCUT2D eigenvalue weighted by atomic mass is 16.7. The molecule has 1 aromatic carbocycles. The second-order valence-electron chi connectivity index (χ2n) is 2.72. The number of aromatic nitrogens is 3. The van der Waals surface area contributed by atoms with E-state index in [1.807, 2.05) is 24.3 Å². The van der Waals surface area contributed by atoms with Crippen LogP contribution in [-0.2, 0) is 0 Å². The molecule has 72 valence electrons. The van der Waals surface area contributed by atoms with Crippen LogP contribution in [0.4, 0.5) is 0 Å². The van der Waals surface area contributed by atoms with E-state index in [2.05, 4.69) is 22.2 Å². The predicted molar refractivity (Wildman–Crippen MR) is 52.3 cm³/mol. The molecule has 1 heterocycles. The summed E-state index contributed by atoms with van der Waals surface area (Å²) in [7, 11) is 1.72. The number of hydrogen-bond acceptors (Lipinski definition) is 4. The summed E-state index contributed by atoms with van der Waals surface area (Å²) in [5, 5.41) is 10.5. The molecule has 0 spiro atoms.